The predicted molar refractivity (Wildman–Crippen MR) is 136 cm³/mol. The first-order valence-corrected chi connectivity index (χ1v) is 12.1. The van der Waals surface area contributed by atoms with Gasteiger partial charge < -0.3 is 35.4 Å². The number of carboxylic acid groups (broad SMARTS) is 1. The number of amides is 2. The topological polar surface area (TPSA) is 146 Å². The molecule has 5 N–H and O–H groups in total. The average molecular weight is 495 g/mol. The molecule has 0 saturated carbocycles. The lowest BCUT2D eigenvalue weighted by molar-refractivity contribution is 0.0262. The van der Waals surface area contributed by atoms with Gasteiger partial charge in [-0.05, 0) is 35.4 Å². The molecule has 11 nitrogen and oxygen atoms in total. The molecule has 36 heavy (non-hydrogen) atoms. The van der Waals surface area contributed by atoms with Crippen LogP contribution < -0.4 is 20.7 Å². The van der Waals surface area contributed by atoms with E-state index in [0.717, 1.165) is 40.6 Å². The fraction of sp³-hybridized carbons (Fsp3) is 0.400. The number of anilines is 2. The molecule has 0 atom stereocenters. The lowest BCUT2D eigenvalue weighted by Crippen LogP contribution is -2.48. The van der Waals surface area contributed by atoms with Crippen LogP contribution >= 0.6 is 0 Å². The number of hydrogen-bond donors (Lipinski definition) is 4. The Morgan fingerprint density at radius 3 is 2.58 bits per heavy atom. The summed E-state index contributed by atoms with van der Waals surface area (Å²) in [5, 5.41) is 19.9. The van der Waals surface area contributed by atoms with Crippen LogP contribution in [-0.2, 0) is 4.74 Å². The Hall–Kier alpha value is -3.99. The lowest BCUT2D eigenvalue weighted by Gasteiger charge is -2.35. The SMILES string of the molecule is CNC(=O)c1ccc(-c2cc(OC3CCOCC3)c3c(N)n[nH]c3c2)cc1N1CCN(C(=O)O)CC1. The van der Waals surface area contributed by atoms with Crippen molar-refractivity contribution in [3.8, 4) is 16.9 Å². The van der Waals surface area contributed by atoms with Crippen LogP contribution in [0, 0.1) is 0 Å². The first kappa shape index (κ1) is 23.7. The van der Waals surface area contributed by atoms with Gasteiger partial charge in [0.05, 0.1) is 35.4 Å². The standard InChI is InChI=1S/C25H30N6O5/c1-27-24(32)18-3-2-15(13-20(18)30-6-8-31(9-7-30)25(33)34)16-12-19-22(23(26)29-28-19)21(14-16)36-17-4-10-35-11-5-17/h2-3,12-14,17H,4-11H2,1H3,(H,27,32)(H,33,34)(H3,26,28,29). The van der Waals surface area contributed by atoms with E-state index in [-0.39, 0.29) is 12.0 Å². The van der Waals surface area contributed by atoms with Gasteiger partial charge in [0.15, 0.2) is 5.82 Å². The summed E-state index contributed by atoms with van der Waals surface area (Å²) in [5.41, 5.74) is 9.99. The summed E-state index contributed by atoms with van der Waals surface area (Å²) in [7, 11) is 1.60. The minimum Gasteiger partial charge on any atom is -0.489 e. The molecule has 2 saturated heterocycles. The van der Waals surface area contributed by atoms with Gasteiger partial charge >= 0.3 is 6.09 Å². The monoisotopic (exact) mass is 494 g/mol. The molecule has 5 rings (SSSR count). The zero-order valence-electron chi connectivity index (χ0n) is 20.1. The Kier molecular flexibility index (Phi) is 6.55. The van der Waals surface area contributed by atoms with E-state index >= 15 is 0 Å². The number of ether oxygens (including phenoxy) is 2. The number of nitrogens with two attached hydrogens (primary N) is 1. The number of aromatic nitrogens is 2. The quantitative estimate of drug-likeness (QED) is 0.423. The molecule has 3 aromatic rings. The second kappa shape index (κ2) is 9.94. The van der Waals surface area contributed by atoms with Gasteiger partial charge in [-0.3, -0.25) is 9.89 Å². The summed E-state index contributed by atoms with van der Waals surface area (Å²) in [6.07, 6.45) is 0.704. The zero-order chi connectivity index (χ0) is 25.2. The minimum absolute atomic E-state index is 0.0308. The summed E-state index contributed by atoms with van der Waals surface area (Å²) in [6.45, 7) is 3.05. The van der Waals surface area contributed by atoms with E-state index in [2.05, 4.69) is 20.4 Å². The van der Waals surface area contributed by atoms with Crippen LogP contribution in [0.5, 0.6) is 5.75 Å². The molecule has 0 radical (unpaired) electrons. The number of fused-ring (bicyclic) bond motifs is 1. The Balaban J connectivity index is 1.53. The molecule has 2 aliphatic rings. The number of aromatic amines is 1. The zero-order valence-corrected chi connectivity index (χ0v) is 20.1. The normalized spacial score (nSPS) is 16.8. The number of nitrogens with one attached hydrogen (secondary N) is 2. The van der Waals surface area contributed by atoms with Crippen molar-refractivity contribution in [1.29, 1.82) is 0 Å². The molecule has 3 heterocycles. The molecular weight excluding hydrogens is 464 g/mol. The van der Waals surface area contributed by atoms with Gasteiger partial charge in [0.2, 0.25) is 0 Å². The summed E-state index contributed by atoms with van der Waals surface area (Å²) in [5.74, 6) is 0.843. The number of benzene rings is 2. The maximum Gasteiger partial charge on any atom is 0.407 e. The van der Waals surface area contributed by atoms with Crippen LogP contribution in [0.15, 0.2) is 30.3 Å². The first-order chi connectivity index (χ1) is 17.4. The molecule has 2 fully saturated rings. The van der Waals surface area contributed by atoms with E-state index in [1.165, 1.54) is 4.90 Å². The molecule has 0 unspecified atom stereocenters. The number of carbonyl (C=O) groups excluding carboxylic acids is 1. The van der Waals surface area contributed by atoms with Gasteiger partial charge in [0.1, 0.15) is 11.9 Å². The number of carbonyl (C=O) groups is 2. The number of nitrogens with zero attached hydrogens (tertiary/aromatic N) is 3. The van der Waals surface area contributed by atoms with Gasteiger partial charge in [-0.15, -0.1) is 0 Å². The number of hydrogen-bond acceptors (Lipinski definition) is 7. The fourth-order valence-electron chi connectivity index (χ4n) is 4.82. The van der Waals surface area contributed by atoms with E-state index in [1.54, 1.807) is 13.1 Å². The third-order valence-corrected chi connectivity index (χ3v) is 6.81. The molecule has 190 valence electrons. The van der Waals surface area contributed by atoms with Crippen molar-refractivity contribution in [1.82, 2.24) is 20.4 Å². The maximum atomic E-state index is 12.7. The highest BCUT2D eigenvalue weighted by Crippen LogP contribution is 2.37. The highest BCUT2D eigenvalue weighted by atomic mass is 16.5. The van der Waals surface area contributed by atoms with Crippen LogP contribution in [0.4, 0.5) is 16.3 Å². The summed E-state index contributed by atoms with van der Waals surface area (Å²) in [4.78, 5) is 27.4. The molecule has 2 aliphatic heterocycles. The fourth-order valence-corrected chi connectivity index (χ4v) is 4.82. The van der Waals surface area contributed by atoms with Crippen molar-refractivity contribution in [3.05, 3.63) is 35.9 Å². The summed E-state index contributed by atoms with van der Waals surface area (Å²) >= 11 is 0. The lowest BCUT2D eigenvalue weighted by atomic mass is 9.99. The molecule has 0 bridgehead atoms. The van der Waals surface area contributed by atoms with Crippen LogP contribution in [0.1, 0.15) is 23.2 Å². The first-order valence-electron chi connectivity index (χ1n) is 12.1. The van der Waals surface area contributed by atoms with Crippen molar-refractivity contribution in [2.24, 2.45) is 0 Å². The van der Waals surface area contributed by atoms with Crippen molar-refractivity contribution in [2.45, 2.75) is 18.9 Å². The minimum atomic E-state index is -0.931. The van der Waals surface area contributed by atoms with E-state index in [1.807, 2.05) is 24.3 Å². The predicted octanol–water partition coefficient (Wildman–Crippen LogP) is 2.53. The highest BCUT2D eigenvalue weighted by molar-refractivity contribution is 6.01. The maximum absolute atomic E-state index is 12.7. The Bertz CT molecular complexity index is 1280. The highest BCUT2D eigenvalue weighted by Gasteiger charge is 2.25. The third-order valence-electron chi connectivity index (χ3n) is 6.81. The van der Waals surface area contributed by atoms with E-state index in [4.69, 9.17) is 15.2 Å². The van der Waals surface area contributed by atoms with E-state index in [0.29, 0.717) is 56.5 Å². The molecule has 1 aromatic heterocycles. The van der Waals surface area contributed by atoms with Crippen LogP contribution in [0.2, 0.25) is 0 Å². The van der Waals surface area contributed by atoms with Crippen LogP contribution in [0.3, 0.4) is 0 Å². The average Bonchev–Trinajstić information content (AvgIpc) is 3.29. The Morgan fingerprint density at radius 1 is 1.14 bits per heavy atom. The van der Waals surface area contributed by atoms with Gasteiger partial charge in [-0.25, -0.2) is 4.79 Å². The van der Waals surface area contributed by atoms with Crippen LogP contribution in [-0.4, -0.2) is 84.7 Å². The Labute approximate surface area is 208 Å². The van der Waals surface area contributed by atoms with Gasteiger partial charge in [0, 0.05) is 46.1 Å². The van der Waals surface area contributed by atoms with E-state index < -0.39 is 6.09 Å². The Morgan fingerprint density at radius 2 is 1.89 bits per heavy atom. The second-order valence-electron chi connectivity index (χ2n) is 9.00. The van der Waals surface area contributed by atoms with Crippen molar-refractivity contribution >= 4 is 34.4 Å². The smallest absolute Gasteiger partial charge is 0.407 e. The van der Waals surface area contributed by atoms with Crippen molar-refractivity contribution < 1.29 is 24.2 Å². The summed E-state index contributed by atoms with van der Waals surface area (Å²) in [6, 6.07) is 9.61. The van der Waals surface area contributed by atoms with Gasteiger partial charge in [0.25, 0.3) is 5.91 Å². The number of rotatable bonds is 5. The van der Waals surface area contributed by atoms with Crippen molar-refractivity contribution in [2.75, 3.05) is 57.1 Å². The molecule has 2 aromatic carbocycles. The van der Waals surface area contributed by atoms with E-state index in [9.17, 15) is 14.7 Å². The summed E-state index contributed by atoms with van der Waals surface area (Å²) < 4.78 is 11.8. The number of nitrogen functional groups attached to an aromatic ring is 1. The van der Waals surface area contributed by atoms with Gasteiger partial charge in [-0.2, -0.15) is 5.10 Å². The molecule has 0 aliphatic carbocycles. The van der Waals surface area contributed by atoms with Crippen molar-refractivity contribution in [3.63, 3.8) is 0 Å². The second-order valence-corrected chi connectivity index (χ2v) is 9.00. The molecule has 2 amide bonds. The molecule has 11 heteroatoms. The molecular formula is C25H30N6O5. The number of H-pyrrole nitrogens is 1. The van der Waals surface area contributed by atoms with Gasteiger partial charge in [-0.1, -0.05) is 6.07 Å². The largest absolute Gasteiger partial charge is 0.489 e. The van der Waals surface area contributed by atoms with Crippen LogP contribution in [0.25, 0.3) is 22.0 Å². The molecule has 0 spiro atoms. The number of piperazine rings is 1. The third kappa shape index (κ3) is 4.61.